The predicted octanol–water partition coefficient (Wildman–Crippen LogP) is 3.22. The van der Waals surface area contributed by atoms with E-state index in [-0.39, 0.29) is 5.75 Å². The highest BCUT2D eigenvalue weighted by Gasteiger charge is 2.28. The molecular formula is C15H20F3NO3. The van der Waals surface area contributed by atoms with Crippen molar-refractivity contribution < 1.29 is 27.8 Å². The van der Waals surface area contributed by atoms with Gasteiger partial charge in [-0.15, -0.1) is 0 Å². The lowest BCUT2D eigenvalue weighted by Gasteiger charge is -2.19. The Labute approximate surface area is 127 Å². The first-order chi connectivity index (χ1) is 10.1. The van der Waals surface area contributed by atoms with Gasteiger partial charge in [-0.05, 0) is 44.5 Å². The van der Waals surface area contributed by atoms with Crippen molar-refractivity contribution in [3.05, 3.63) is 29.8 Å². The first kappa shape index (κ1) is 18.3. The number of benzene rings is 1. The molecule has 0 radical (unpaired) electrons. The molecule has 1 aromatic rings. The van der Waals surface area contributed by atoms with Crippen LogP contribution in [0.2, 0.25) is 0 Å². The molecule has 0 fully saturated rings. The minimum absolute atomic E-state index is 0.160. The Balaban J connectivity index is 2.34. The summed E-state index contributed by atoms with van der Waals surface area (Å²) in [5.74, 6) is -0.687. The Hall–Kier alpha value is -1.76. The zero-order chi connectivity index (χ0) is 16.8. The van der Waals surface area contributed by atoms with Gasteiger partial charge in [-0.3, -0.25) is 4.79 Å². The van der Waals surface area contributed by atoms with Crippen LogP contribution in [-0.2, 0) is 11.3 Å². The molecule has 124 valence electrons. The Morgan fingerprint density at radius 1 is 1.23 bits per heavy atom. The fraction of sp³-hybridized carbons (Fsp3) is 0.533. The lowest BCUT2D eigenvalue weighted by Crippen LogP contribution is -2.28. The minimum Gasteiger partial charge on any atom is -0.484 e. The van der Waals surface area contributed by atoms with Gasteiger partial charge in [0.2, 0.25) is 0 Å². The fourth-order valence-electron chi connectivity index (χ4n) is 1.61. The molecular weight excluding hydrogens is 299 g/mol. The monoisotopic (exact) mass is 319 g/mol. The van der Waals surface area contributed by atoms with Crippen molar-refractivity contribution in [2.45, 2.75) is 33.0 Å². The highest BCUT2D eigenvalue weighted by molar-refractivity contribution is 5.73. The Morgan fingerprint density at radius 3 is 2.32 bits per heavy atom. The number of carbonyl (C=O) groups is 1. The van der Waals surface area contributed by atoms with E-state index in [0.717, 1.165) is 5.56 Å². The van der Waals surface area contributed by atoms with Gasteiger partial charge in [-0.2, -0.15) is 13.2 Å². The summed E-state index contributed by atoms with van der Waals surface area (Å²) >= 11 is 0. The fourth-order valence-corrected chi connectivity index (χ4v) is 1.61. The molecule has 0 saturated carbocycles. The summed E-state index contributed by atoms with van der Waals surface area (Å²) in [6, 6.07) is 6.29. The Bertz CT molecular complexity index is 484. The lowest BCUT2D eigenvalue weighted by molar-refractivity contribution is -0.153. The maximum Gasteiger partial charge on any atom is 0.422 e. The van der Waals surface area contributed by atoms with Gasteiger partial charge in [0.15, 0.2) is 6.61 Å². The molecule has 0 aliphatic heterocycles. The summed E-state index contributed by atoms with van der Waals surface area (Å²) in [5, 5.41) is 12.1. The number of hydrogen-bond acceptors (Lipinski definition) is 3. The second kappa shape index (κ2) is 7.49. The molecule has 1 rings (SSSR count). The summed E-state index contributed by atoms with van der Waals surface area (Å²) < 4.78 is 40.6. The first-order valence-electron chi connectivity index (χ1n) is 6.83. The van der Waals surface area contributed by atoms with Crippen LogP contribution in [0.4, 0.5) is 13.2 Å². The van der Waals surface area contributed by atoms with Gasteiger partial charge in [0, 0.05) is 6.54 Å². The highest BCUT2D eigenvalue weighted by Crippen LogP contribution is 2.20. The van der Waals surface area contributed by atoms with E-state index in [0.29, 0.717) is 19.5 Å². The summed E-state index contributed by atoms with van der Waals surface area (Å²) in [7, 11) is 0. The second-order valence-electron chi connectivity index (χ2n) is 5.66. The van der Waals surface area contributed by atoms with Crippen molar-refractivity contribution >= 4 is 5.97 Å². The number of carboxylic acids is 1. The molecule has 0 atom stereocenters. The van der Waals surface area contributed by atoms with Crippen LogP contribution in [-0.4, -0.2) is 30.4 Å². The van der Waals surface area contributed by atoms with Crippen molar-refractivity contribution in [2.24, 2.45) is 5.41 Å². The zero-order valence-corrected chi connectivity index (χ0v) is 12.5. The number of aliphatic carboxylic acids is 1. The smallest absolute Gasteiger partial charge is 0.422 e. The highest BCUT2D eigenvalue weighted by atomic mass is 19.4. The third kappa shape index (κ3) is 6.80. The van der Waals surface area contributed by atoms with Gasteiger partial charge in [-0.25, -0.2) is 0 Å². The third-order valence-corrected chi connectivity index (χ3v) is 3.16. The van der Waals surface area contributed by atoms with Crippen LogP contribution in [0, 0.1) is 5.41 Å². The van der Waals surface area contributed by atoms with Crippen LogP contribution in [0.1, 0.15) is 25.8 Å². The van der Waals surface area contributed by atoms with Crippen LogP contribution in [0.5, 0.6) is 5.75 Å². The predicted molar refractivity (Wildman–Crippen MR) is 75.7 cm³/mol. The largest absolute Gasteiger partial charge is 0.484 e. The van der Waals surface area contributed by atoms with Crippen LogP contribution in [0.3, 0.4) is 0 Å². The number of hydrogen-bond donors (Lipinski definition) is 2. The molecule has 1 aromatic carbocycles. The van der Waals surface area contributed by atoms with Gasteiger partial charge < -0.3 is 15.2 Å². The number of alkyl halides is 3. The van der Waals surface area contributed by atoms with Gasteiger partial charge in [0.1, 0.15) is 5.75 Å². The number of carboxylic acid groups (broad SMARTS) is 1. The molecule has 4 nitrogen and oxygen atoms in total. The average molecular weight is 319 g/mol. The Morgan fingerprint density at radius 2 is 1.82 bits per heavy atom. The van der Waals surface area contributed by atoms with E-state index in [9.17, 15) is 18.0 Å². The molecule has 0 aromatic heterocycles. The summed E-state index contributed by atoms with van der Waals surface area (Å²) in [6.45, 7) is 3.04. The standard InChI is InChI=1S/C15H20F3NO3/c1-14(2,13(20)21)7-8-19-9-11-3-5-12(6-4-11)22-10-15(16,17)18/h3-6,19H,7-10H2,1-2H3,(H,20,21). The molecule has 22 heavy (non-hydrogen) atoms. The van der Waals surface area contributed by atoms with Crippen molar-refractivity contribution in [2.75, 3.05) is 13.2 Å². The number of nitrogens with one attached hydrogen (secondary N) is 1. The summed E-state index contributed by atoms with van der Waals surface area (Å²) in [6.07, 6.45) is -3.87. The van der Waals surface area contributed by atoms with E-state index in [2.05, 4.69) is 10.1 Å². The minimum atomic E-state index is -4.35. The SMILES string of the molecule is CC(C)(CCNCc1ccc(OCC(F)(F)F)cc1)C(=O)O. The normalized spacial score (nSPS) is 12.2. The zero-order valence-electron chi connectivity index (χ0n) is 12.5. The number of rotatable bonds is 8. The van der Waals surface area contributed by atoms with Crippen molar-refractivity contribution in [3.8, 4) is 5.75 Å². The van der Waals surface area contributed by atoms with Crippen molar-refractivity contribution in [1.29, 1.82) is 0 Å². The molecule has 0 aliphatic rings. The van der Waals surface area contributed by atoms with E-state index in [4.69, 9.17) is 5.11 Å². The van der Waals surface area contributed by atoms with E-state index in [1.807, 2.05) is 0 Å². The lowest BCUT2D eigenvalue weighted by atomic mass is 9.90. The van der Waals surface area contributed by atoms with Gasteiger partial charge in [-0.1, -0.05) is 12.1 Å². The third-order valence-electron chi connectivity index (χ3n) is 3.16. The van der Waals surface area contributed by atoms with Crippen LogP contribution >= 0.6 is 0 Å². The van der Waals surface area contributed by atoms with E-state index < -0.39 is 24.2 Å². The summed E-state index contributed by atoms with van der Waals surface area (Å²) in [4.78, 5) is 10.9. The van der Waals surface area contributed by atoms with Gasteiger partial charge >= 0.3 is 12.1 Å². The van der Waals surface area contributed by atoms with E-state index >= 15 is 0 Å². The molecule has 0 amide bonds. The maximum atomic E-state index is 12.0. The topological polar surface area (TPSA) is 58.6 Å². The second-order valence-corrected chi connectivity index (χ2v) is 5.66. The molecule has 2 N–H and O–H groups in total. The van der Waals surface area contributed by atoms with Crippen molar-refractivity contribution in [1.82, 2.24) is 5.32 Å². The van der Waals surface area contributed by atoms with Gasteiger partial charge in [0.05, 0.1) is 5.41 Å². The van der Waals surface area contributed by atoms with Gasteiger partial charge in [0.25, 0.3) is 0 Å². The number of halogens is 3. The summed E-state index contributed by atoms with van der Waals surface area (Å²) in [5.41, 5.74) is 0.0925. The first-order valence-corrected chi connectivity index (χ1v) is 6.83. The quantitative estimate of drug-likeness (QED) is 0.722. The maximum absolute atomic E-state index is 12.0. The molecule has 0 aliphatic carbocycles. The Kier molecular flexibility index (Phi) is 6.22. The molecule has 0 bridgehead atoms. The molecule has 7 heteroatoms. The molecule has 0 saturated heterocycles. The molecule has 0 heterocycles. The number of ether oxygens (including phenoxy) is 1. The van der Waals surface area contributed by atoms with E-state index in [1.165, 1.54) is 12.1 Å². The van der Waals surface area contributed by atoms with Crippen LogP contribution in [0.15, 0.2) is 24.3 Å². The average Bonchev–Trinajstić information content (AvgIpc) is 2.41. The van der Waals surface area contributed by atoms with Crippen molar-refractivity contribution in [3.63, 3.8) is 0 Å². The van der Waals surface area contributed by atoms with Crippen LogP contribution in [0.25, 0.3) is 0 Å². The molecule has 0 unspecified atom stereocenters. The molecule has 0 spiro atoms. The van der Waals surface area contributed by atoms with E-state index in [1.54, 1.807) is 26.0 Å². The van der Waals surface area contributed by atoms with Crippen LogP contribution < -0.4 is 10.1 Å².